The van der Waals surface area contributed by atoms with Crippen molar-refractivity contribution in [1.29, 1.82) is 0 Å². The van der Waals surface area contributed by atoms with Gasteiger partial charge in [-0.25, -0.2) is 4.79 Å². The van der Waals surface area contributed by atoms with Crippen LogP contribution in [0.5, 0.6) is 0 Å². The molecular weight excluding hydrogens is 350 g/mol. The molecule has 3 rings (SSSR count). The lowest BCUT2D eigenvalue weighted by Crippen LogP contribution is -2.26. The number of carboxylic acid groups (broad SMARTS) is 2. The molecule has 1 atom stereocenters. The second kappa shape index (κ2) is 6.73. The van der Waals surface area contributed by atoms with Crippen LogP contribution in [0.4, 0.5) is 0 Å². The van der Waals surface area contributed by atoms with Crippen LogP contribution in [0.15, 0.2) is 28.4 Å². The fraction of sp³-hybridized carbons (Fsp3) is 0.143. The van der Waals surface area contributed by atoms with Gasteiger partial charge in [-0.3, -0.25) is 14.7 Å². The molecule has 1 aliphatic rings. The number of H-pyrrole nitrogens is 1. The Bertz CT molecular complexity index is 935. The molecule has 2 aromatic rings. The number of nitrogens with one attached hydrogen (secondary N) is 2. The monoisotopic (exact) mass is 361 g/mol. The smallest absolute Gasteiger partial charge is 0.357 e. The molecule has 1 aromatic carbocycles. The Morgan fingerprint density at radius 1 is 1.36 bits per heavy atom. The number of hydrogen-bond donors (Lipinski definition) is 4. The topological polar surface area (TPSA) is 157 Å². The maximum Gasteiger partial charge on any atom is 0.357 e. The fourth-order valence-corrected chi connectivity index (χ4v) is 3.17. The number of carbonyl (C=O) groups is 3. The lowest BCUT2D eigenvalue weighted by molar-refractivity contribution is -0.138. The summed E-state index contributed by atoms with van der Waals surface area (Å²) in [7, 11) is 0. The second-order valence-corrected chi connectivity index (χ2v) is 6.18. The number of amides is 1. The molecular formula is C14H11N5O5S. The van der Waals surface area contributed by atoms with Crippen LogP contribution in [0.3, 0.4) is 0 Å². The molecule has 1 unspecified atom stereocenters. The fourth-order valence-electron chi connectivity index (χ4n) is 2.25. The highest BCUT2D eigenvalue weighted by Crippen LogP contribution is 2.23. The molecule has 0 bridgehead atoms. The zero-order chi connectivity index (χ0) is 18.0. The molecule has 2 heterocycles. The lowest BCUT2D eigenvalue weighted by Gasteiger charge is -1.98. The van der Waals surface area contributed by atoms with Gasteiger partial charge in [0.2, 0.25) is 5.91 Å². The first-order valence-electron chi connectivity index (χ1n) is 6.96. The number of amidine groups is 1. The van der Waals surface area contributed by atoms with Gasteiger partial charge in [-0.2, -0.15) is 10.2 Å². The van der Waals surface area contributed by atoms with Crippen LogP contribution in [-0.2, 0) is 9.59 Å². The molecule has 25 heavy (non-hydrogen) atoms. The molecule has 1 aliphatic heterocycles. The van der Waals surface area contributed by atoms with Crippen LogP contribution in [0, 0.1) is 0 Å². The Morgan fingerprint density at radius 3 is 2.88 bits per heavy atom. The van der Waals surface area contributed by atoms with Crippen molar-refractivity contribution in [1.82, 2.24) is 15.5 Å². The average molecular weight is 361 g/mol. The quantitative estimate of drug-likeness (QED) is 0.450. The molecule has 10 nitrogen and oxygen atoms in total. The highest BCUT2D eigenvalue weighted by molar-refractivity contribution is 8.15. The van der Waals surface area contributed by atoms with Gasteiger partial charge in [0, 0.05) is 10.9 Å². The minimum Gasteiger partial charge on any atom is -0.481 e. The van der Waals surface area contributed by atoms with E-state index < -0.39 is 23.1 Å². The molecule has 0 aliphatic carbocycles. The van der Waals surface area contributed by atoms with Gasteiger partial charge in [0.05, 0.1) is 18.2 Å². The Morgan fingerprint density at radius 2 is 2.16 bits per heavy atom. The predicted molar refractivity (Wildman–Crippen MR) is 89.9 cm³/mol. The molecule has 1 fully saturated rings. The van der Waals surface area contributed by atoms with Gasteiger partial charge in [0.15, 0.2) is 10.9 Å². The van der Waals surface area contributed by atoms with E-state index in [4.69, 9.17) is 5.11 Å². The van der Waals surface area contributed by atoms with Crippen LogP contribution in [0.2, 0.25) is 0 Å². The molecule has 1 saturated heterocycles. The van der Waals surface area contributed by atoms with Crippen LogP contribution in [0.25, 0.3) is 10.9 Å². The molecule has 1 aromatic heterocycles. The summed E-state index contributed by atoms with van der Waals surface area (Å²) in [5.74, 6) is -2.69. The zero-order valence-electron chi connectivity index (χ0n) is 12.5. The first-order valence-corrected chi connectivity index (χ1v) is 7.84. The summed E-state index contributed by atoms with van der Waals surface area (Å²) in [5.41, 5.74) is 0.901. The maximum atomic E-state index is 11.6. The number of thioether (sulfide) groups is 1. The Labute approximate surface area is 144 Å². The summed E-state index contributed by atoms with van der Waals surface area (Å²) in [5, 5.41) is 34.2. The number of fused-ring (bicyclic) bond motifs is 1. The number of rotatable bonds is 5. The van der Waals surface area contributed by atoms with Gasteiger partial charge >= 0.3 is 11.9 Å². The third-order valence-electron chi connectivity index (χ3n) is 3.31. The molecule has 4 N–H and O–H groups in total. The maximum absolute atomic E-state index is 11.6. The van der Waals surface area contributed by atoms with E-state index in [2.05, 4.69) is 25.7 Å². The number of aliphatic carboxylic acids is 1. The van der Waals surface area contributed by atoms with E-state index in [0.717, 1.165) is 11.8 Å². The molecule has 1 amide bonds. The SMILES string of the molecule is O=C(O)CC1SC(=NN=Cc2cccc3[nH]nc(C(=O)O)c23)NC1=O. The number of nitrogens with zero attached hydrogens (tertiary/aromatic N) is 3. The van der Waals surface area contributed by atoms with Gasteiger partial charge in [0.1, 0.15) is 5.25 Å². The number of aromatic amines is 1. The number of aromatic nitrogens is 2. The van der Waals surface area contributed by atoms with Crippen molar-refractivity contribution in [3.63, 3.8) is 0 Å². The van der Waals surface area contributed by atoms with Crippen LogP contribution < -0.4 is 5.32 Å². The van der Waals surface area contributed by atoms with Crippen molar-refractivity contribution in [3.05, 3.63) is 29.5 Å². The molecule has 0 spiro atoms. The first-order chi connectivity index (χ1) is 12.0. The number of benzene rings is 1. The Kier molecular flexibility index (Phi) is 4.48. The Balaban J connectivity index is 1.82. The molecule has 0 saturated carbocycles. The van der Waals surface area contributed by atoms with E-state index in [0.29, 0.717) is 16.5 Å². The second-order valence-electron chi connectivity index (χ2n) is 4.99. The summed E-state index contributed by atoms with van der Waals surface area (Å²) in [6, 6.07) is 5.04. The van der Waals surface area contributed by atoms with Crippen LogP contribution in [0.1, 0.15) is 22.5 Å². The standard InChI is InChI=1S/C14H11N5O5S/c20-9(21)4-8-12(22)16-14(25-8)19-15-5-6-2-1-3-7-10(6)11(13(23)24)18-17-7/h1-3,5,8H,4H2,(H,17,18)(H,20,21)(H,23,24)(H,16,19,22). The lowest BCUT2D eigenvalue weighted by atomic mass is 10.1. The average Bonchev–Trinajstić information content (AvgIpc) is 3.11. The van der Waals surface area contributed by atoms with Crippen molar-refractivity contribution in [2.24, 2.45) is 10.2 Å². The first kappa shape index (κ1) is 16.6. The summed E-state index contributed by atoms with van der Waals surface area (Å²) >= 11 is 0.978. The normalized spacial score (nSPS) is 19.0. The van der Waals surface area contributed by atoms with E-state index in [1.807, 2.05) is 0 Å². The molecule has 128 valence electrons. The van der Waals surface area contributed by atoms with Crippen molar-refractivity contribution >= 4 is 51.9 Å². The third-order valence-corrected chi connectivity index (χ3v) is 4.38. The van der Waals surface area contributed by atoms with Crippen molar-refractivity contribution in [3.8, 4) is 0 Å². The van der Waals surface area contributed by atoms with Crippen molar-refractivity contribution < 1.29 is 24.6 Å². The van der Waals surface area contributed by atoms with E-state index >= 15 is 0 Å². The predicted octanol–water partition coefficient (Wildman–Crippen LogP) is 0.657. The third kappa shape index (κ3) is 3.50. The summed E-state index contributed by atoms with van der Waals surface area (Å²) in [6.45, 7) is 0. The van der Waals surface area contributed by atoms with E-state index in [1.165, 1.54) is 6.21 Å². The number of aromatic carboxylic acids is 1. The Hall–Kier alpha value is -3.21. The van der Waals surface area contributed by atoms with Gasteiger partial charge in [0.25, 0.3) is 0 Å². The van der Waals surface area contributed by atoms with Crippen LogP contribution >= 0.6 is 11.8 Å². The number of carboxylic acids is 2. The van der Waals surface area contributed by atoms with E-state index in [-0.39, 0.29) is 17.3 Å². The van der Waals surface area contributed by atoms with Gasteiger partial charge in [-0.15, -0.1) is 5.10 Å². The molecule has 11 heteroatoms. The van der Waals surface area contributed by atoms with Gasteiger partial charge in [-0.1, -0.05) is 23.9 Å². The minimum atomic E-state index is -1.17. The van der Waals surface area contributed by atoms with Crippen molar-refractivity contribution in [2.45, 2.75) is 11.7 Å². The summed E-state index contributed by atoms with van der Waals surface area (Å²) in [6.07, 6.45) is 1.03. The van der Waals surface area contributed by atoms with Gasteiger partial charge < -0.3 is 15.5 Å². The van der Waals surface area contributed by atoms with Crippen LogP contribution in [-0.4, -0.2) is 54.9 Å². The van der Waals surface area contributed by atoms with Gasteiger partial charge in [-0.05, 0) is 6.07 Å². The number of carbonyl (C=O) groups excluding carboxylic acids is 1. The van der Waals surface area contributed by atoms with E-state index in [1.54, 1.807) is 18.2 Å². The highest BCUT2D eigenvalue weighted by Gasteiger charge is 2.32. The summed E-state index contributed by atoms with van der Waals surface area (Å²) < 4.78 is 0. The highest BCUT2D eigenvalue weighted by atomic mass is 32.2. The van der Waals surface area contributed by atoms with Crippen molar-refractivity contribution in [2.75, 3.05) is 0 Å². The van der Waals surface area contributed by atoms with E-state index in [9.17, 15) is 19.5 Å². The number of hydrogen-bond acceptors (Lipinski definition) is 7. The zero-order valence-corrected chi connectivity index (χ0v) is 13.3. The molecule has 0 radical (unpaired) electrons. The largest absolute Gasteiger partial charge is 0.481 e. The summed E-state index contributed by atoms with van der Waals surface area (Å²) in [4.78, 5) is 33.5. The minimum absolute atomic E-state index is 0.130.